The molecule has 1 nitrogen and oxygen atoms in total. The second kappa shape index (κ2) is 14.3. The molecule has 1 aromatic heterocycles. The molecule has 0 spiro atoms. The topological polar surface area (TPSA) is 13.1 Å². The Bertz CT molecular complexity index is 2870. The van der Waals surface area contributed by atoms with Gasteiger partial charge in [-0.2, -0.15) is 0 Å². The first-order valence-corrected chi connectivity index (χ1v) is 19.2. The first-order chi connectivity index (χ1) is 26.3. The Labute approximate surface area is 318 Å². The van der Waals surface area contributed by atoms with Crippen molar-refractivity contribution in [1.29, 1.82) is 0 Å². The van der Waals surface area contributed by atoms with E-state index in [1.54, 1.807) is 0 Å². The maximum atomic E-state index is 6.40. The molecule has 0 bridgehead atoms. The third-order valence-electron chi connectivity index (χ3n) is 10.6. The van der Waals surface area contributed by atoms with Gasteiger partial charge >= 0.3 is 0 Å². The molecule has 10 rings (SSSR count). The van der Waals surface area contributed by atoms with Gasteiger partial charge in [0.1, 0.15) is 11.2 Å². The molecule has 0 unspecified atom stereocenters. The van der Waals surface area contributed by atoms with Crippen molar-refractivity contribution in [3.05, 3.63) is 181 Å². The van der Waals surface area contributed by atoms with Crippen molar-refractivity contribution in [3.63, 3.8) is 0 Å². The summed E-state index contributed by atoms with van der Waals surface area (Å²) in [6.45, 7) is 12.9. The average molecular weight is 699 g/mol. The monoisotopic (exact) mass is 698 g/mol. The Morgan fingerprint density at radius 2 is 0.944 bits per heavy atom. The number of aryl methyl sites for hydroxylation is 1. The van der Waals surface area contributed by atoms with E-state index in [1.165, 1.54) is 65.7 Å². The molecule has 0 atom stereocenters. The minimum Gasteiger partial charge on any atom is -0.455 e. The van der Waals surface area contributed by atoms with Crippen LogP contribution in [0.5, 0.6) is 0 Å². The highest BCUT2D eigenvalue weighted by atomic mass is 16.3. The van der Waals surface area contributed by atoms with E-state index in [2.05, 4.69) is 167 Å². The van der Waals surface area contributed by atoms with E-state index in [0.29, 0.717) is 0 Å². The Kier molecular flexibility index (Phi) is 9.26. The van der Waals surface area contributed by atoms with Crippen LogP contribution in [-0.4, -0.2) is 0 Å². The summed E-state index contributed by atoms with van der Waals surface area (Å²) in [5.41, 5.74) is 11.9. The lowest BCUT2D eigenvalue weighted by molar-refractivity contribution is 0.590. The van der Waals surface area contributed by atoms with Gasteiger partial charge < -0.3 is 4.42 Å². The summed E-state index contributed by atoms with van der Waals surface area (Å²) in [6, 6.07) is 61.4. The number of fused-ring (bicyclic) bond motifs is 3. The molecule has 0 N–H and O–H groups in total. The van der Waals surface area contributed by atoms with E-state index in [4.69, 9.17) is 4.42 Å². The van der Waals surface area contributed by atoms with Gasteiger partial charge in [-0.15, -0.1) is 0 Å². The van der Waals surface area contributed by atoms with Crippen LogP contribution < -0.4 is 0 Å². The second-order valence-electron chi connectivity index (χ2n) is 15.0. The van der Waals surface area contributed by atoms with E-state index in [0.717, 1.165) is 33.1 Å². The van der Waals surface area contributed by atoms with Gasteiger partial charge in [0, 0.05) is 16.3 Å². The van der Waals surface area contributed by atoms with E-state index in [-0.39, 0.29) is 5.41 Å². The summed E-state index contributed by atoms with van der Waals surface area (Å²) in [6.07, 6.45) is 0. The van der Waals surface area contributed by atoms with Crippen molar-refractivity contribution in [2.45, 2.75) is 47.0 Å². The molecule has 0 amide bonds. The average Bonchev–Trinajstić information content (AvgIpc) is 3.60. The molecule has 0 saturated carbocycles. The second-order valence-corrected chi connectivity index (χ2v) is 15.0. The smallest absolute Gasteiger partial charge is 0.143 e. The van der Waals surface area contributed by atoms with Crippen molar-refractivity contribution >= 4 is 54.3 Å². The maximum Gasteiger partial charge on any atom is 0.143 e. The fraction of sp³-hybridized carbons (Fsp3) is 0.132. The number of para-hydroxylation sites is 2. The fourth-order valence-electron chi connectivity index (χ4n) is 7.82. The highest BCUT2D eigenvalue weighted by Crippen LogP contribution is 2.43. The van der Waals surface area contributed by atoms with E-state index >= 15 is 0 Å². The van der Waals surface area contributed by atoms with Crippen LogP contribution in [0.1, 0.15) is 45.7 Å². The predicted molar refractivity (Wildman–Crippen MR) is 235 cm³/mol. The van der Waals surface area contributed by atoms with Gasteiger partial charge in [-0.05, 0) is 90.2 Å². The van der Waals surface area contributed by atoms with Crippen molar-refractivity contribution in [1.82, 2.24) is 0 Å². The zero-order valence-corrected chi connectivity index (χ0v) is 32.1. The molecule has 10 aromatic rings. The van der Waals surface area contributed by atoms with Crippen molar-refractivity contribution in [2.24, 2.45) is 0 Å². The summed E-state index contributed by atoms with van der Waals surface area (Å²) >= 11 is 0. The summed E-state index contributed by atoms with van der Waals surface area (Å²) in [5, 5.41) is 10.1. The molecule has 1 heterocycles. The lowest BCUT2D eigenvalue weighted by Gasteiger charge is -2.20. The molecule has 0 fully saturated rings. The van der Waals surface area contributed by atoms with Crippen LogP contribution in [0, 0.1) is 6.92 Å². The third-order valence-corrected chi connectivity index (χ3v) is 10.6. The van der Waals surface area contributed by atoms with Gasteiger partial charge in [-0.25, -0.2) is 0 Å². The summed E-state index contributed by atoms with van der Waals surface area (Å²) in [5.74, 6) is 0. The van der Waals surface area contributed by atoms with Gasteiger partial charge in [0.25, 0.3) is 0 Å². The minimum absolute atomic E-state index is 0.132. The number of hydrogen-bond donors (Lipinski definition) is 0. The number of hydrogen-bond acceptors (Lipinski definition) is 1. The van der Waals surface area contributed by atoms with Crippen LogP contribution >= 0.6 is 0 Å². The first kappa shape index (κ1) is 34.9. The standard InChI is InChI=1S/C44H32O.C7H8.C2H6/c1-44(2,3)32-20-14-27(15-21-32)33-22-16-28-19-25-38-34(23-17-29-18-24-37(33)41(28)42(29)38)30-8-6-9-31(26-30)35-11-7-12-39-36-10-4-5-13-40(36)45-43(35)39;1-7-5-3-2-4-6-7;1-2/h4-26H,1-3H3;2-6H,1H3;1-2H3. The molecule has 264 valence electrons. The zero-order chi connectivity index (χ0) is 37.4. The van der Waals surface area contributed by atoms with Gasteiger partial charge in [0.05, 0.1) is 0 Å². The van der Waals surface area contributed by atoms with Crippen molar-refractivity contribution in [3.8, 4) is 33.4 Å². The van der Waals surface area contributed by atoms with Crippen molar-refractivity contribution < 1.29 is 4.42 Å². The highest BCUT2D eigenvalue weighted by molar-refractivity contribution is 6.27. The highest BCUT2D eigenvalue weighted by Gasteiger charge is 2.18. The quantitative estimate of drug-likeness (QED) is 0.167. The molecule has 54 heavy (non-hydrogen) atoms. The Hall–Kier alpha value is -6.18. The third kappa shape index (κ3) is 6.31. The predicted octanol–water partition coefficient (Wildman–Crippen LogP) is 15.8. The van der Waals surface area contributed by atoms with Crippen LogP contribution in [0.15, 0.2) is 174 Å². The molecular formula is C53H46O. The summed E-state index contributed by atoms with van der Waals surface area (Å²) in [7, 11) is 0. The number of furan rings is 1. The van der Waals surface area contributed by atoms with Crippen LogP contribution in [0.4, 0.5) is 0 Å². The van der Waals surface area contributed by atoms with E-state index in [1.807, 2.05) is 44.2 Å². The molecule has 1 heteroatoms. The zero-order valence-electron chi connectivity index (χ0n) is 32.1. The van der Waals surface area contributed by atoms with Gasteiger partial charge in [0.15, 0.2) is 0 Å². The SMILES string of the molecule is CC.CC(C)(C)c1ccc(-c2ccc3ccc4c(-c5cccc(-c6cccc7c6oc6ccccc67)c5)ccc5ccc2c3c54)cc1.Cc1ccccc1. The normalized spacial score (nSPS) is 11.5. The number of benzene rings is 9. The number of rotatable bonds is 3. The molecular weight excluding hydrogens is 653 g/mol. The van der Waals surface area contributed by atoms with Crippen LogP contribution in [0.25, 0.3) is 87.6 Å². The lowest BCUT2D eigenvalue weighted by atomic mass is 9.84. The molecule has 0 radical (unpaired) electrons. The van der Waals surface area contributed by atoms with E-state index < -0.39 is 0 Å². The van der Waals surface area contributed by atoms with Crippen molar-refractivity contribution in [2.75, 3.05) is 0 Å². The van der Waals surface area contributed by atoms with E-state index in [9.17, 15) is 0 Å². The molecule has 9 aromatic carbocycles. The van der Waals surface area contributed by atoms with Crippen LogP contribution in [0.2, 0.25) is 0 Å². The molecule has 0 aliphatic heterocycles. The molecule has 0 aliphatic rings. The molecule has 0 aliphatic carbocycles. The largest absolute Gasteiger partial charge is 0.455 e. The van der Waals surface area contributed by atoms with Gasteiger partial charge in [-0.3, -0.25) is 0 Å². The summed E-state index contributed by atoms with van der Waals surface area (Å²) < 4.78 is 6.40. The van der Waals surface area contributed by atoms with Crippen LogP contribution in [0.3, 0.4) is 0 Å². The Morgan fingerprint density at radius 3 is 1.56 bits per heavy atom. The Balaban J connectivity index is 0.000000411. The summed E-state index contributed by atoms with van der Waals surface area (Å²) in [4.78, 5) is 0. The molecule has 0 saturated heterocycles. The lowest BCUT2D eigenvalue weighted by Crippen LogP contribution is -2.10. The van der Waals surface area contributed by atoms with Gasteiger partial charge in [-0.1, -0.05) is 198 Å². The first-order valence-electron chi connectivity index (χ1n) is 19.2. The minimum atomic E-state index is 0.132. The maximum absolute atomic E-state index is 6.40. The Morgan fingerprint density at radius 1 is 0.407 bits per heavy atom. The fourth-order valence-corrected chi connectivity index (χ4v) is 7.82. The van der Waals surface area contributed by atoms with Crippen LogP contribution in [-0.2, 0) is 5.41 Å². The van der Waals surface area contributed by atoms with Gasteiger partial charge in [0.2, 0.25) is 0 Å².